The van der Waals surface area contributed by atoms with E-state index in [4.69, 9.17) is 0 Å². The van der Waals surface area contributed by atoms with Crippen LogP contribution in [0.3, 0.4) is 0 Å². The average Bonchev–Trinajstić information content (AvgIpc) is 1.69. The molecule has 1 aromatic carbocycles. The molecule has 3 heteroatoms. The molecule has 0 fully saturated rings. The molecule has 0 atom stereocenters. The van der Waals surface area contributed by atoms with E-state index in [1.54, 1.807) is 0 Å². The Hall–Kier alpha value is 0.436. The Bertz CT molecular complexity index is 151. The minimum absolute atomic E-state index is 0. The van der Waals surface area contributed by atoms with Crippen LogP contribution in [0.15, 0.2) is 24.3 Å². The zero-order valence-corrected chi connectivity index (χ0v) is 7.05. The van der Waals surface area contributed by atoms with Gasteiger partial charge in [0, 0.05) is 5.82 Å². The van der Waals surface area contributed by atoms with Crippen molar-refractivity contribution in [3.63, 3.8) is 0 Å². The first kappa shape index (κ1) is 12.1. The van der Waals surface area contributed by atoms with Crippen molar-refractivity contribution in [1.82, 2.24) is 0 Å². The molecule has 0 N–H and O–H groups in total. The third kappa shape index (κ3) is 4.91. The standard InChI is InChI=1S/C6H4F.Cu.Mg.2H/c7-6-4-2-1-3-5-6;;;;/h2-5H;;;;/q-1;+1;+2;2*-1. The Kier molecular flexibility index (Phi) is 8.84. The monoisotopic (exact) mass is 184 g/mol. The number of hydrogen-bond donors (Lipinski definition) is 0. The predicted octanol–water partition coefficient (Wildman–Crippen LogP) is 1.47. The van der Waals surface area contributed by atoms with Gasteiger partial charge in [-0.15, -0.1) is 12.1 Å². The van der Waals surface area contributed by atoms with Crippen molar-refractivity contribution in [2.75, 3.05) is 0 Å². The Morgan fingerprint density at radius 3 is 2.00 bits per heavy atom. The summed E-state index contributed by atoms with van der Waals surface area (Å²) in [6.45, 7) is 0. The van der Waals surface area contributed by atoms with Crippen molar-refractivity contribution < 1.29 is 24.3 Å². The summed E-state index contributed by atoms with van der Waals surface area (Å²) in [5.74, 6) is -0.209. The Morgan fingerprint density at radius 1 is 1.33 bits per heavy atom. The summed E-state index contributed by atoms with van der Waals surface area (Å²) in [6, 6.07) is 8.49. The van der Waals surface area contributed by atoms with Crippen molar-refractivity contribution in [2.45, 2.75) is 0 Å². The van der Waals surface area contributed by atoms with Crippen LogP contribution in [0.5, 0.6) is 0 Å². The number of benzene rings is 1. The van der Waals surface area contributed by atoms with Gasteiger partial charge in [-0.3, -0.25) is 0 Å². The van der Waals surface area contributed by atoms with Crippen LogP contribution >= 0.6 is 0 Å². The molecule has 0 unspecified atom stereocenters. The molecule has 0 spiro atoms. The van der Waals surface area contributed by atoms with Crippen LogP contribution in [-0.2, 0) is 17.1 Å². The zero-order valence-electron chi connectivity index (χ0n) is 6.70. The van der Waals surface area contributed by atoms with Crippen LogP contribution in [0, 0.1) is 11.9 Å². The minimum Gasteiger partial charge on any atom is -1.00 e. The largest absolute Gasteiger partial charge is 2.00 e. The van der Waals surface area contributed by atoms with Gasteiger partial charge < -0.3 is 2.85 Å². The molecule has 0 heterocycles. The van der Waals surface area contributed by atoms with Gasteiger partial charge >= 0.3 is 40.1 Å². The Morgan fingerprint density at radius 2 is 1.78 bits per heavy atom. The van der Waals surface area contributed by atoms with Crippen LogP contribution in [0.1, 0.15) is 2.85 Å². The summed E-state index contributed by atoms with van der Waals surface area (Å²) in [6.07, 6.45) is 0. The second-order valence-electron chi connectivity index (χ2n) is 1.22. The molecule has 0 aromatic heterocycles. The molecule has 0 aliphatic rings. The predicted molar refractivity (Wildman–Crippen MR) is 33.2 cm³/mol. The van der Waals surface area contributed by atoms with E-state index in [1.165, 1.54) is 24.3 Å². The van der Waals surface area contributed by atoms with Gasteiger partial charge in [-0.05, 0) is 0 Å². The zero-order chi connectivity index (χ0) is 5.11. The molecule has 0 nitrogen and oxygen atoms in total. The summed E-state index contributed by atoms with van der Waals surface area (Å²) in [4.78, 5) is 0. The van der Waals surface area contributed by atoms with Crippen molar-refractivity contribution in [1.29, 1.82) is 0 Å². The number of halogens is 1. The van der Waals surface area contributed by atoms with Crippen molar-refractivity contribution in [2.24, 2.45) is 0 Å². The first-order valence-electron chi connectivity index (χ1n) is 2.01. The molecule has 0 bridgehead atoms. The van der Waals surface area contributed by atoms with Crippen molar-refractivity contribution >= 4 is 23.1 Å². The topological polar surface area (TPSA) is 0 Å². The fraction of sp³-hybridized carbons (Fsp3) is 0. The summed E-state index contributed by atoms with van der Waals surface area (Å²) in [5, 5.41) is 0. The smallest absolute Gasteiger partial charge is 1.00 e. The normalized spacial score (nSPS) is 6.78. The van der Waals surface area contributed by atoms with E-state index in [2.05, 4.69) is 6.07 Å². The molecule has 0 saturated carbocycles. The van der Waals surface area contributed by atoms with Crippen LogP contribution in [-0.4, -0.2) is 23.1 Å². The molecule has 0 aliphatic carbocycles. The fourth-order valence-corrected chi connectivity index (χ4v) is 0.367. The molecular formula is C6H6CuFMg. The molecule has 0 saturated heterocycles. The molecule has 1 rings (SSSR count). The van der Waals surface area contributed by atoms with Gasteiger partial charge in [-0.2, -0.15) is 18.2 Å². The fourth-order valence-electron chi connectivity index (χ4n) is 0.367. The van der Waals surface area contributed by atoms with Gasteiger partial charge in [-0.1, -0.05) is 0 Å². The first-order valence-corrected chi connectivity index (χ1v) is 2.01. The second-order valence-corrected chi connectivity index (χ2v) is 1.22. The summed E-state index contributed by atoms with van der Waals surface area (Å²) in [7, 11) is 0. The molecular weight excluding hydrogens is 179 g/mol. The van der Waals surface area contributed by atoms with Crippen molar-refractivity contribution in [3.05, 3.63) is 36.1 Å². The Labute approximate surface area is 83.4 Å². The minimum atomic E-state index is -0.209. The van der Waals surface area contributed by atoms with Gasteiger partial charge in [0.25, 0.3) is 0 Å². The molecule has 50 valence electrons. The molecule has 0 aliphatic heterocycles. The van der Waals surface area contributed by atoms with Crippen LogP contribution < -0.4 is 0 Å². The SMILES string of the molecule is Fc1cc[c-]cc1.[Cu+].[H-].[H-].[Mg+2]. The quantitative estimate of drug-likeness (QED) is 0.424. The van der Waals surface area contributed by atoms with Crippen LogP contribution in [0.25, 0.3) is 0 Å². The molecule has 1 aromatic rings. The van der Waals surface area contributed by atoms with Gasteiger partial charge in [0.2, 0.25) is 0 Å². The van der Waals surface area contributed by atoms with Gasteiger partial charge in [-0.25, -0.2) is 4.39 Å². The molecule has 9 heavy (non-hydrogen) atoms. The maximum atomic E-state index is 11.9. The third-order valence-electron chi connectivity index (χ3n) is 0.678. The first-order chi connectivity index (χ1) is 3.39. The van der Waals surface area contributed by atoms with E-state index in [0.717, 1.165) is 0 Å². The van der Waals surface area contributed by atoms with Gasteiger partial charge in [0.15, 0.2) is 0 Å². The second kappa shape index (κ2) is 6.55. The van der Waals surface area contributed by atoms with E-state index in [9.17, 15) is 4.39 Å². The molecule has 0 radical (unpaired) electrons. The summed E-state index contributed by atoms with van der Waals surface area (Å²) in [5.41, 5.74) is 0. The Balaban J connectivity index is -0.0000000612. The third-order valence-corrected chi connectivity index (χ3v) is 0.678. The van der Waals surface area contributed by atoms with E-state index in [1.807, 2.05) is 0 Å². The number of rotatable bonds is 0. The van der Waals surface area contributed by atoms with Gasteiger partial charge in [0.1, 0.15) is 0 Å². The van der Waals surface area contributed by atoms with E-state index >= 15 is 0 Å². The maximum Gasteiger partial charge on any atom is 2.00 e. The average molecular weight is 185 g/mol. The summed E-state index contributed by atoms with van der Waals surface area (Å²) >= 11 is 0. The summed E-state index contributed by atoms with van der Waals surface area (Å²) < 4.78 is 11.9. The van der Waals surface area contributed by atoms with Crippen LogP contribution in [0.4, 0.5) is 4.39 Å². The van der Waals surface area contributed by atoms with Crippen LogP contribution in [0.2, 0.25) is 0 Å². The van der Waals surface area contributed by atoms with Gasteiger partial charge in [0.05, 0.1) is 0 Å². The maximum absolute atomic E-state index is 11.9. The molecule has 0 amide bonds. The van der Waals surface area contributed by atoms with E-state index < -0.39 is 0 Å². The van der Waals surface area contributed by atoms with Crippen molar-refractivity contribution in [3.8, 4) is 0 Å². The van der Waals surface area contributed by atoms with E-state index in [-0.39, 0.29) is 48.8 Å². The van der Waals surface area contributed by atoms with E-state index in [0.29, 0.717) is 0 Å². The number of hydrogen-bond acceptors (Lipinski definition) is 0.